The van der Waals surface area contributed by atoms with Gasteiger partial charge in [-0.3, -0.25) is 4.79 Å². The third-order valence-electron chi connectivity index (χ3n) is 3.45. The van der Waals surface area contributed by atoms with E-state index in [1.165, 1.54) is 17.0 Å². The quantitative estimate of drug-likeness (QED) is 0.349. The van der Waals surface area contributed by atoms with Crippen molar-refractivity contribution in [2.24, 2.45) is 0 Å². The fourth-order valence-corrected chi connectivity index (χ4v) is 3.45. The number of thioether (sulfide) groups is 1. The predicted molar refractivity (Wildman–Crippen MR) is 97.6 cm³/mol. The average molecular weight is 361 g/mol. The van der Waals surface area contributed by atoms with Crippen molar-refractivity contribution in [3.8, 4) is 0 Å². The minimum absolute atomic E-state index is 0.257. The first-order chi connectivity index (χ1) is 11.6. The van der Waals surface area contributed by atoms with E-state index in [4.69, 9.17) is 12.2 Å². The summed E-state index contributed by atoms with van der Waals surface area (Å²) in [5.41, 5.74) is 1.27. The molecule has 0 aliphatic carbocycles. The van der Waals surface area contributed by atoms with Crippen LogP contribution in [0.4, 0.5) is 4.39 Å². The molecular weight excluding hydrogens is 345 g/mol. The number of halogens is 1. The summed E-state index contributed by atoms with van der Waals surface area (Å²) in [6.45, 7) is 0.530. The first-order valence-corrected chi connectivity index (χ1v) is 8.90. The van der Waals surface area contributed by atoms with Crippen LogP contribution in [0.2, 0.25) is 0 Å². The molecule has 0 fully saturated rings. The highest BCUT2D eigenvalue weighted by molar-refractivity contribution is 7.99. The molecule has 1 amide bonds. The lowest BCUT2D eigenvalue weighted by Crippen LogP contribution is -2.25. The molecule has 0 spiro atoms. The maximum atomic E-state index is 13.6. The Kier molecular flexibility index (Phi) is 5.32. The number of hydrogen-bond acceptors (Lipinski definition) is 3. The Bertz CT molecular complexity index is 905. The summed E-state index contributed by atoms with van der Waals surface area (Å²) in [5, 5.41) is 2.83. The summed E-state index contributed by atoms with van der Waals surface area (Å²) < 4.78 is 14.0. The molecule has 124 valence electrons. The Balaban J connectivity index is 1.56. The van der Waals surface area contributed by atoms with Crippen molar-refractivity contribution < 1.29 is 9.18 Å². The first-order valence-electron chi connectivity index (χ1n) is 7.51. The van der Waals surface area contributed by atoms with Gasteiger partial charge in [0, 0.05) is 11.4 Å². The zero-order valence-electron chi connectivity index (χ0n) is 12.8. The van der Waals surface area contributed by atoms with Gasteiger partial charge in [0.1, 0.15) is 5.82 Å². The van der Waals surface area contributed by atoms with E-state index in [-0.39, 0.29) is 11.5 Å². The van der Waals surface area contributed by atoms with Crippen LogP contribution in [0, 0.1) is 10.6 Å². The number of rotatable bonds is 6. The molecule has 0 saturated carbocycles. The van der Waals surface area contributed by atoms with Gasteiger partial charge in [-0.05, 0) is 48.7 Å². The number of hydrogen-bond donors (Lipinski definition) is 3. The summed E-state index contributed by atoms with van der Waals surface area (Å²) in [7, 11) is 0. The van der Waals surface area contributed by atoms with Crippen molar-refractivity contribution in [1.82, 2.24) is 15.3 Å². The number of carbonyl (C=O) groups excluding carboxylic acids is 1. The maximum Gasteiger partial charge on any atom is 0.253 e. The second kappa shape index (κ2) is 7.63. The molecule has 0 radical (unpaired) electrons. The van der Waals surface area contributed by atoms with Crippen LogP contribution >= 0.6 is 24.0 Å². The Labute approximate surface area is 147 Å². The molecule has 7 heteroatoms. The number of amides is 1. The molecule has 0 bridgehead atoms. The van der Waals surface area contributed by atoms with E-state index in [0.717, 1.165) is 12.2 Å². The van der Waals surface area contributed by atoms with Crippen molar-refractivity contribution in [2.45, 2.75) is 11.3 Å². The second-order valence-corrected chi connectivity index (χ2v) is 6.80. The number of fused-ring (bicyclic) bond motifs is 1. The predicted octanol–water partition coefficient (Wildman–Crippen LogP) is 4.28. The van der Waals surface area contributed by atoms with Crippen LogP contribution < -0.4 is 5.32 Å². The molecule has 0 aliphatic heterocycles. The van der Waals surface area contributed by atoms with Crippen molar-refractivity contribution in [1.29, 1.82) is 0 Å². The highest BCUT2D eigenvalue weighted by Gasteiger charge is 2.13. The van der Waals surface area contributed by atoms with E-state index in [1.54, 1.807) is 11.8 Å². The van der Waals surface area contributed by atoms with Crippen molar-refractivity contribution in [3.63, 3.8) is 0 Å². The van der Waals surface area contributed by atoms with Crippen molar-refractivity contribution in [3.05, 3.63) is 58.6 Å². The fourth-order valence-electron chi connectivity index (χ4n) is 2.36. The smallest absolute Gasteiger partial charge is 0.253 e. The Morgan fingerprint density at radius 1 is 1.21 bits per heavy atom. The van der Waals surface area contributed by atoms with Gasteiger partial charge in [0.05, 0.1) is 16.6 Å². The molecule has 3 N–H and O–H groups in total. The highest BCUT2D eigenvalue weighted by Crippen LogP contribution is 2.19. The van der Waals surface area contributed by atoms with E-state index in [9.17, 15) is 9.18 Å². The van der Waals surface area contributed by atoms with Gasteiger partial charge in [-0.2, -0.15) is 0 Å². The zero-order valence-corrected chi connectivity index (χ0v) is 14.4. The molecule has 24 heavy (non-hydrogen) atoms. The maximum absolute atomic E-state index is 13.6. The molecule has 0 aliphatic rings. The topological polar surface area (TPSA) is 60.7 Å². The molecule has 3 aromatic rings. The van der Waals surface area contributed by atoms with E-state index in [0.29, 0.717) is 22.3 Å². The van der Waals surface area contributed by atoms with Crippen LogP contribution in [-0.4, -0.2) is 28.2 Å². The van der Waals surface area contributed by atoms with Crippen LogP contribution in [0.5, 0.6) is 0 Å². The third kappa shape index (κ3) is 4.04. The van der Waals surface area contributed by atoms with Gasteiger partial charge in [0.15, 0.2) is 4.77 Å². The molecule has 3 rings (SSSR count). The Morgan fingerprint density at radius 2 is 2.00 bits per heavy atom. The number of benzene rings is 2. The summed E-state index contributed by atoms with van der Waals surface area (Å²) >= 11 is 6.74. The Morgan fingerprint density at radius 3 is 2.79 bits per heavy atom. The molecule has 2 aromatic carbocycles. The second-order valence-electron chi connectivity index (χ2n) is 5.23. The molecule has 4 nitrogen and oxygen atoms in total. The normalized spacial score (nSPS) is 10.9. The average Bonchev–Trinajstić information content (AvgIpc) is 2.94. The van der Waals surface area contributed by atoms with Crippen LogP contribution in [-0.2, 0) is 0 Å². The molecule has 0 saturated heterocycles. The van der Waals surface area contributed by atoms with Crippen molar-refractivity contribution in [2.75, 3.05) is 12.3 Å². The number of H-pyrrole nitrogens is 2. The lowest BCUT2D eigenvalue weighted by molar-refractivity contribution is 0.0955. The lowest BCUT2D eigenvalue weighted by Gasteiger charge is -2.06. The number of aromatic nitrogens is 2. The van der Waals surface area contributed by atoms with E-state index >= 15 is 0 Å². The number of imidazole rings is 1. The fraction of sp³-hybridized carbons (Fsp3) is 0.176. The molecular formula is C17H16FN3OS2. The van der Waals surface area contributed by atoms with E-state index in [1.807, 2.05) is 18.2 Å². The molecule has 0 unspecified atom stereocenters. The molecule has 0 atom stereocenters. The van der Waals surface area contributed by atoms with Crippen LogP contribution in [0.3, 0.4) is 0 Å². The Hall–Kier alpha value is -2.12. The van der Waals surface area contributed by atoms with Gasteiger partial charge >= 0.3 is 0 Å². The monoisotopic (exact) mass is 361 g/mol. The zero-order chi connectivity index (χ0) is 16.9. The number of aromatic amines is 2. The first kappa shape index (κ1) is 16.7. The van der Waals surface area contributed by atoms with Crippen molar-refractivity contribution >= 4 is 40.9 Å². The van der Waals surface area contributed by atoms with Gasteiger partial charge in [-0.15, -0.1) is 11.8 Å². The minimum Gasteiger partial charge on any atom is -0.352 e. The summed E-state index contributed by atoms with van der Waals surface area (Å²) in [6.07, 6.45) is 0.826. The standard InChI is InChI=1S/C17H16FN3OS2/c18-11-9-13(15-14(10-11)20-17(23)21-15)16(22)19-7-4-8-24-12-5-2-1-3-6-12/h1-3,5-6,9-10H,4,7-8H2,(H,19,22)(H2,20,21,23). The van der Waals surface area contributed by atoms with Gasteiger partial charge in [-0.1, -0.05) is 18.2 Å². The molecule has 1 aromatic heterocycles. The summed E-state index contributed by atoms with van der Waals surface area (Å²) in [6, 6.07) is 12.6. The lowest BCUT2D eigenvalue weighted by atomic mass is 10.1. The minimum atomic E-state index is -0.475. The van der Waals surface area contributed by atoms with Gasteiger partial charge in [-0.25, -0.2) is 4.39 Å². The SMILES string of the molecule is O=C(NCCCSc1ccccc1)c1cc(F)cc2[nH]c(=S)[nH]c12. The summed E-state index contributed by atoms with van der Waals surface area (Å²) in [5.74, 6) is 0.113. The van der Waals surface area contributed by atoms with Gasteiger partial charge in [0.2, 0.25) is 0 Å². The highest BCUT2D eigenvalue weighted by atomic mass is 32.2. The third-order valence-corrected chi connectivity index (χ3v) is 4.76. The van der Waals surface area contributed by atoms with E-state index < -0.39 is 5.82 Å². The van der Waals surface area contributed by atoms with E-state index in [2.05, 4.69) is 27.4 Å². The van der Waals surface area contributed by atoms with Gasteiger partial charge < -0.3 is 15.3 Å². The van der Waals surface area contributed by atoms with Crippen LogP contribution in [0.25, 0.3) is 11.0 Å². The van der Waals surface area contributed by atoms with Crippen LogP contribution in [0.15, 0.2) is 47.4 Å². The van der Waals surface area contributed by atoms with Crippen LogP contribution in [0.1, 0.15) is 16.8 Å². The number of carbonyl (C=O) groups is 1. The largest absolute Gasteiger partial charge is 0.352 e. The number of nitrogens with one attached hydrogen (secondary N) is 3. The molecule has 1 heterocycles. The summed E-state index contributed by atoms with van der Waals surface area (Å²) in [4.78, 5) is 19.2. The van der Waals surface area contributed by atoms with Gasteiger partial charge in [0.25, 0.3) is 5.91 Å².